The Morgan fingerprint density at radius 3 is 2.67 bits per heavy atom. The molecular weight excluding hydrogens is 277 g/mol. The first kappa shape index (κ1) is 12.8. The molecule has 0 amide bonds. The van der Waals surface area contributed by atoms with Crippen LogP contribution in [-0.2, 0) is 10.0 Å². The number of hydrogen-bond donors (Lipinski definition) is 1. The Morgan fingerprint density at radius 1 is 1.33 bits per heavy atom. The molecule has 0 unspecified atom stereocenters. The molecule has 18 heavy (non-hydrogen) atoms. The Morgan fingerprint density at radius 2 is 2.11 bits per heavy atom. The predicted octanol–water partition coefficient (Wildman–Crippen LogP) is 2.70. The number of ether oxygens (including phenoxy) is 1. The number of anilines is 1. The molecule has 1 aromatic heterocycles. The van der Waals surface area contributed by atoms with Gasteiger partial charge in [-0.1, -0.05) is 6.07 Å². The van der Waals surface area contributed by atoms with Crippen molar-refractivity contribution in [1.82, 2.24) is 0 Å². The van der Waals surface area contributed by atoms with E-state index in [9.17, 15) is 12.8 Å². The SMILES string of the molecule is COc1ccc(NS(=O)(=O)c2cccs2)cc1F. The maximum Gasteiger partial charge on any atom is 0.271 e. The molecule has 0 spiro atoms. The van der Waals surface area contributed by atoms with Gasteiger partial charge in [0.05, 0.1) is 12.8 Å². The number of halogens is 1. The van der Waals surface area contributed by atoms with Crippen LogP contribution in [0.5, 0.6) is 5.75 Å². The third-order valence-corrected chi connectivity index (χ3v) is 4.94. The summed E-state index contributed by atoms with van der Waals surface area (Å²) in [5, 5.41) is 1.66. The average molecular weight is 287 g/mol. The fraction of sp³-hybridized carbons (Fsp3) is 0.0909. The lowest BCUT2D eigenvalue weighted by molar-refractivity contribution is 0.386. The van der Waals surface area contributed by atoms with Gasteiger partial charge in [0.1, 0.15) is 4.21 Å². The fourth-order valence-corrected chi connectivity index (χ4v) is 3.39. The van der Waals surface area contributed by atoms with Gasteiger partial charge in [-0.05, 0) is 23.6 Å². The predicted molar refractivity (Wildman–Crippen MR) is 68.1 cm³/mol. The van der Waals surface area contributed by atoms with Crippen molar-refractivity contribution >= 4 is 27.0 Å². The highest BCUT2D eigenvalue weighted by molar-refractivity contribution is 7.94. The smallest absolute Gasteiger partial charge is 0.271 e. The third-order valence-electron chi connectivity index (χ3n) is 2.16. The van der Waals surface area contributed by atoms with Crippen LogP contribution in [0.25, 0.3) is 0 Å². The molecule has 0 atom stereocenters. The fourth-order valence-electron chi connectivity index (χ4n) is 1.35. The quantitative estimate of drug-likeness (QED) is 0.940. The van der Waals surface area contributed by atoms with Gasteiger partial charge in [0, 0.05) is 6.07 Å². The zero-order valence-electron chi connectivity index (χ0n) is 9.38. The summed E-state index contributed by atoms with van der Waals surface area (Å²) in [5.74, 6) is -0.557. The summed E-state index contributed by atoms with van der Waals surface area (Å²) in [6.07, 6.45) is 0. The van der Waals surface area contributed by atoms with Crippen LogP contribution in [0.15, 0.2) is 39.9 Å². The molecule has 0 radical (unpaired) electrons. The van der Waals surface area contributed by atoms with Crippen LogP contribution in [0.1, 0.15) is 0 Å². The molecule has 0 aliphatic rings. The van der Waals surface area contributed by atoms with Gasteiger partial charge in [-0.2, -0.15) is 0 Å². The second-order valence-corrected chi connectivity index (χ2v) is 6.24. The molecule has 96 valence electrons. The van der Waals surface area contributed by atoms with Gasteiger partial charge in [-0.3, -0.25) is 4.72 Å². The van der Waals surface area contributed by atoms with E-state index >= 15 is 0 Å². The van der Waals surface area contributed by atoms with Gasteiger partial charge < -0.3 is 4.74 Å². The number of nitrogens with one attached hydrogen (secondary N) is 1. The van der Waals surface area contributed by atoms with E-state index in [-0.39, 0.29) is 15.6 Å². The molecule has 0 aliphatic carbocycles. The van der Waals surface area contributed by atoms with Crippen LogP contribution in [0.3, 0.4) is 0 Å². The maximum atomic E-state index is 13.4. The van der Waals surface area contributed by atoms with E-state index in [1.807, 2.05) is 0 Å². The van der Waals surface area contributed by atoms with Gasteiger partial charge in [-0.25, -0.2) is 12.8 Å². The van der Waals surface area contributed by atoms with Crippen LogP contribution < -0.4 is 9.46 Å². The number of rotatable bonds is 4. The van der Waals surface area contributed by atoms with Crippen LogP contribution in [-0.4, -0.2) is 15.5 Å². The molecule has 1 aromatic carbocycles. The molecule has 4 nitrogen and oxygen atoms in total. The Balaban J connectivity index is 2.27. The third kappa shape index (κ3) is 2.62. The van der Waals surface area contributed by atoms with Crippen LogP contribution in [0, 0.1) is 5.82 Å². The molecule has 0 saturated heterocycles. The molecule has 1 N–H and O–H groups in total. The second-order valence-electron chi connectivity index (χ2n) is 3.39. The van der Waals surface area contributed by atoms with Gasteiger partial charge in [0.25, 0.3) is 10.0 Å². The lowest BCUT2D eigenvalue weighted by atomic mass is 10.3. The van der Waals surface area contributed by atoms with E-state index in [1.165, 1.54) is 25.3 Å². The summed E-state index contributed by atoms with van der Waals surface area (Å²) in [5.41, 5.74) is 0.154. The topological polar surface area (TPSA) is 55.4 Å². The lowest BCUT2D eigenvalue weighted by Crippen LogP contribution is -2.11. The number of benzene rings is 1. The highest BCUT2D eigenvalue weighted by atomic mass is 32.2. The highest BCUT2D eigenvalue weighted by Gasteiger charge is 2.15. The van der Waals surface area contributed by atoms with Crippen molar-refractivity contribution in [3.63, 3.8) is 0 Å². The minimum Gasteiger partial charge on any atom is -0.494 e. The molecule has 7 heteroatoms. The van der Waals surface area contributed by atoms with E-state index in [1.54, 1.807) is 11.4 Å². The van der Waals surface area contributed by atoms with Crippen LogP contribution in [0.2, 0.25) is 0 Å². The number of hydrogen-bond acceptors (Lipinski definition) is 4. The molecule has 0 aliphatic heterocycles. The van der Waals surface area contributed by atoms with Crippen molar-refractivity contribution in [3.8, 4) is 5.75 Å². The summed E-state index contributed by atoms with van der Waals surface area (Å²) in [4.78, 5) is 0. The van der Waals surface area contributed by atoms with Crippen molar-refractivity contribution in [1.29, 1.82) is 0 Å². The van der Waals surface area contributed by atoms with Gasteiger partial charge in [0.2, 0.25) is 0 Å². The molecule has 1 heterocycles. The summed E-state index contributed by atoms with van der Waals surface area (Å²) in [6, 6.07) is 6.99. The van der Waals surface area contributed by atoms with E-state index in [2.05, 4.69) is 4.72 Å². The molecule has 0 fully saturated rings. The summed E-state index contributed by atoms with van der Waals surface area (Å²) >= 11 is 1.09. The zero-order valence-corrected chi connectivity index (χ0v) is 11.0. The highest BCUT2D eigenvalue weighted by Crippen LogP contribution is 2.24. The first-order chi connectivity index (χ1) is 8.53. The van der Waals surface area contributed by atoms with E-state index in [0.29, 0.717) is 0 Å². The largest absolute Gasteiger partial charge is 0.494 e. The number of thiophene rings is 1. The maximum absolute atomic E-state index is 13.4. The standard InChI is InChI=1S/C11H10FNO3S2/c1-16-10-5-4-8(7-9(10)12)13-18(14,15)11-3-2-6-17-11/h2-7,13H,1H3. The first-order valence-corrected chi connectivity index (χ1v) is 7.29. The van der Waals surface area contributed by atoms with Crippen molar-refractivity contribution in [3.05, 3.63) is 41.5 Å². The molecule has 0 saturated carbocycles. The summed E-state index contributed by atoms with van der Waals surface area (Å²) < 4.78 is 44.4. The Hall–Kier alpha value is -1.60. The minimum atomic E-state index is -3.65. The number of sulfonamides is 1. The Labute approximate surface area is 108 Å². The number of methoxy groups -OCH3 is 1. The average Bonchev–Trinajstić information content (AvgIpc) is 2.82. The Bertz CT molecular complexity index is 638. The Kier molecular flexibility index (Phi) is 3.53. The lowest BCUT2D eigenvalue weighted by Gasteiger charge is -2.07. The molecule has 2 rings (SSSR count). The molecule has 2 aromatic rings. The van der Waals surface area contributed by atoms with Gasteiger partial charge in [-0.15, -0.1) is 11.3 Å². The van der Waals surface area contributed by atoms with Crippen molar-refractivity contribution in [2.75, 3.05) is 11.8 Å². The van der Waals surface area contributed by atoms with Crippen molar-refractivity contribution < 1.29 is 17.5 Å². The second kappa shape index (κ2) is 4.95. The van der Waals surface area contributed by atoms with Crippen LogP contribution in [0.4, 0.5) is 10.1 Å². The van der Waals surface area contributed by atoms with E-state index in [0.717, 1.165) is 17.4 Å². The summed E-state index contributed by atoms with van der Waals surface area (Å²) in [6.45, 7) is 0. The van der Waals surface area contributed by atoms with Crippen molar-refractivity contribution in [2.45, 2.75) is 4.21 Å². The molecular formula is C11H10FNO3S2. The first-order valence-electron chi connectivity index (χ1n) is 4.93. The minimum absolute atomic E-state index is 0.0640. The van der Waals surface area contributed by atoms with Crippen LogP contribution >= 0.6 is 11.3 Å². The molecule has 0 bridgehead atoms. The normalized spacial score (nSPS) is 11.2. The van der Waals surface area contributed by atoms with E-state index in [4.69, 9.17) is 4.74 Å². The van der Waals surface area contributed by atoms with Gasteiger partial charge >= 0.3 is 0 Å². The monoisotopic (exact) mass is 287 g/mol. The van der Waals surface area contributed by atoms with E-state index < -0.39 is 15.8 Å². The van der Waals surface area contributed by atoms with Gasteiger partial charge in [0.15, 0.2) is 11.6 Å². The zero-order chi connectivity index (χ0) is 13.2. The van der Waals surface area contributed by atoms with Crippen molar-refractivity contribution in [2.24, 2.45) is 0 Å². The summed E-state index contributed by atoms with van der Waals surface area (Å²) in [7, 11) is -2.30.